The van der Waals surface area contributed by atoms with Crippen LogP contribution >= 0.6 is 15.9 Å². The Hall–Kier alpha value is -3.58. The molecule has 0 radical (unpaired) electrons. The molecule has 2 amide bonds. The molecule has 0 saturated carbocycles. The maximum Gasteiger partial charge on any atom is 0.291 e. The summed E-state index contributed by atoms with van der Waals surface area (Å²) in [6.07, 6.45) is 1.43. The monoisotopic (exact) mass is 464 g/mol. The van der Waals surface area contributed by atoms with Gasteiger partial charge in [0.05, 0.1) is 10.7 Å². The van der Waals surface area contributed by atoms with Crippen molar-refractivity contribution >= 4 is 49.9 Å². The zero-order chi connectivity index (χ0) is 20.9. The van der Waals surface area contributed by atoms with Crippen LogP contribution in [0.5, 0.6) is 5.75 Å². The number of anilines is 2. The van der Waals surface area contributed by atoms with Crippen molar-refractivity contribution < 1.29 is 18.7 Å². The molecule has 0 bridgehead atoms. The highest BCUT2D eigenvalue weighted by Crippen LogP contribution is 2.33. The van der Waals surface area contributed by atoms with E-state index in [-0.39, 0.29) is 24.2 Å². The van der Waals surface area contributed by atoms with Crippen molar-refractivity contribution in [1.29, 1.82) is 0 Å². The molecule has 1 heterocycles. The lowest BCUT2D eigenvalue weighted by Gasteiger charge is -2.11. The fourth-order valence-corrected chi connectivity index (χ4v) is 3.55. The first kappa shape index (κ1) is 19.7. The summed E-state index contributed by atoms with van der Waals surface area (Å²) in [7, 11) is 0. The lowest BCUT2D eigenvalue weighted by Crippen LogP contribution is -2.20. The van der Waals surface area contributed by atoms with Gasteiger partial charge in [-0.25, -0.2) is 0 Å². The number of nitrogens with one attached hydrogen (secondary N) is 2. The predicted octanol–water partition coefficient (Wildman–Crippen LogP) is 5.47. The number of carbonyl (C=O) groups excluding carboxylic acids is 2. The fraction of sp³-hybridized carbons (Fsp3) is 0.0435. The zero-order valence-electron chi connectivity index (χ0n) is 15.7. The third kappa shape index (κ3) is 4.52. The molecule has 0 aliphatic carbocycles. The van der Waals surface area contributed by atoms with E-state index in [9.17, 15) is 9.59 Å². The van der Waals surface area contributed by atoms with Gasteiger partial charge in [0.25, 0.3) is 11.8 Å². The van der Waals surface area contributed by atoms with Crippen molar-refractivity contribution in [2.75, 3.05) is 17.2 Å². The molecule has 0 spiro atoms. The van der Waals surface area contributed by atoms with Crippen molar-refractivity contribution in [3.05, 3.63) is 89.3 Å². The van der Waals surface area contributed by atoms with Crippen LogP contribution in [0.3, 0.4) is 0 Å². The Kier molecular flexibility index (Phi) is 5.81. The van der Waals surface area contributed by atoms with Gasteiger partial charge in [0.1, 0.15) is 5.75 Å². The average Bonchev–Trinajstić information content (AvgIpc) is 3.29. The number of ether oxygens (including phenoxy) is 1. The summed E-state index contributed by atoms with van der Waals surface area (Å²) in [5.74, 6) is 0.111. The molecule has 2 N–H and O–H groups in total. The Morgan fingerprint density at radius 2 is 1.70 bits per heavy atom. The number of hydrogen-bond acceptors (Lipinski definition) is 4. The minimum Gasteiger partial charge on any atom is -0.483 e. The Morgan fingerprint density at radius 1 is 0.900 bits per heavy atom. The average molecular weight is 465 g/mol. The quantitative estimate of drug-likeness (QED) is 0.396. The van der Waals surface area contributed by atoms with Crippen LogP contribution in [0.25, 0.3) is 10.8 Å². The number of rotatable bonds is 6. The molecule has 4 aromatic rings. The number of halogens is 1. The van der Waals surface area contributed by atoms with E-state index in [0.29, 0.717) is 17.1 Å². The predicted molar refractivity (Wildman–Crippen MR) is 119 cm³/mol. The molecule has 6 nitrogen and oxygen atoms in total. The summed E-state index contributed by atoms with van der Waals surface area (Å²) >= 11 is 3.54. The first-order valence-electron chi connectivity index (χ1n) is 9.15. The number of fused-ring (bicyclic) bond motifs is 1. The molecule has 0 saturated heterocycles. The molecular formula is C23H17BrN2O4. The minimum atomic E-state index is -0.368. The highest BCUT2D eigenvalue weighted by Gasteiger charge is 2.11. The third-order valence-electron chi connectivity index (χ3n) is 4.34. The van der Waals surface area contributed by atoms with E-state index in [1.807, 2.05) is 36.4 Å². The molecule has 1 aromatic heterocycles. The second-order valence-corrected chi connectivity index (χ2v) is 7.24. The Bertz CT molecular complexity index is 1210. The van der Waals surface area contributed by atoms with E-state index in [2.05, 4.69) is 26.6 Å². The van der Waals surface area contributed by atoms with Gasteiger partial charge in [-0.2, -0.15) is 0 Å². The largest absolute Gasteiger partial charge is 0.483 e. The second-order valence-electron chi connectivity index (χ2n) is 6.45. The lowest BCUT2D eigenvalue weighted by molar-refractivity contribution is -0.118. The van der Waals surface area contributed by atoms with Gasteiger partial charge in [-0.05, 0) is 63.1 Å². The van der Waals surface area contributed by atoms with Gasteiger partial charge in [-0.3, -0.25) is 9.59 Å². The minimum absolute atomic E-state index is 0.153. The van der Waals surface area contributed by atoms with Gasteiger partial charge < -0.3 is 19.8 Å². The van der Waals surface area contributed by atoms with Crippen LogP contribution in [0.1, 0.15) is 10.6 Å². The third-order valence-corrected chi connectivity index (χ3v) is 5.15. The Morgan fingerprint density at radius 3 is 2.50 bits per heavy atom. The molecule has 30 heavy (non-hydrogen) atoms. The highest BCUT2D eigenvalue weighted by atomic mass is 79.9. The van der Waals surface area contributed by atoms with Gasteiger partial charge in [0.15, 0.2) is 12.4 Å². The summed E-state index contributed by atoms with van der Waals surface area (Å²) in [6, 6.07) is 21.7. The standard InChI is InChI=1S/C23H17BrN2O4/c24-22-18-8-2-1-5-15(18)10-11-19(22)30-14-21(27)25-16-6-3-7-17(13-16)26-23(28)20-9-4-12-29-20/h1-13H,14H2,(H,25,27)(H,26,28). The van der Waals surface area contributed by atoms with Crippen molar-refractivity contribution in [1.82, 2.24) is 0 Å². The summed E-state index contributed by atoms with van der Waals surface area (Å²) < 4.78 is 11.6. The van der Waals surface area contributed by atoms with Gasteiger partial charge >= 0.3 is 0 Å². The fourth-order valence-electron chi connectivity index (χ4n) is 2.94. The van der Waals surface area contributed by atoms with Crippen molar-refractivity contribution in [3.63, 3.8) is 0 Å². The first-order valence-corrected chi connectivity index (χ1v) is 9.94. The number of carbonyl (C=O) groups is 2. The van der Waals surface area contributed by atoms with Crippen LogP contribution in [0, 0.1) is 0 Å². The summed E-state index contributed by atoms with van der Waals surface area (Å²) in [5, 5.41) is 7.57. The van der Waals surface area contributed by atoms with Crippen molar-refractivity contribution in [3.8, 4) is 5.75 Å². The molecule has 7 heteroatoms. The van der Waals surface area contributed by atoms with E-state index in [1.54, 1.807) is 36.4 Å². The second kappa shape index (κ2) is 8.84. The summed E-state index contributed by atoms with van der Waals surface area (Å²) in [4.78, 5) is 24.4. The molecule has 0 unspecified atom stereocenters. The van der Waals surface area contributed by atoms with E-state index in [4.69, 9.17) is 9.15 Å². The first-order chi connectivity index (χ1) is 14.6. The lowest BCUT2D eigenvalue weighted by atomic mass is 10.1. The smallest absolute Gasteiger partial charge is 0.291 e. The molecule has 0 aliphatic rings. The topological polar surface area (TPSA) is 80.6 Å². The van der Waals surface area contributed by atoms with Gasteiger partial charge in [-0.15, -0.1) is 0 Å². The molecule has 0 aliphatic heterocycles. The molecule has 150 valence electrons. The van der Waals surface area contributed by atoms with Crippen LogP contribution in [0.4, 0.5) is 11.4 Å². The Labute approximate surface area is 181 Å². The summed E-state index contributed by atoms with van der Waals surface area (Å²) in [6.45, 7) is -0.153. The molecule has 0 atom stereocenters. The highest BCUT2D eigenvalue weighted by molar-refractivity contribution is 9.10. The number of amides is 2. The normalized spacial score (nSPS) is 10.6. The maximum atomic E-state index is 12.3. The van der Waals surface area contributed by atoms with Crippen LogP contribution in [-0.4, -0.2) is 18.4 Å². The molecule has 0 fully saturated rings. The number of hydrogen-bond donors (Lipinski definition) is 2. The van der Waals surface area contributed by atoms with Crippen LogP contribution in [-0.2, 0) is 4.79 Å². The van der Waals surface area contributed by atoms with Crippen molar-refractivity contribution in [2.45, 2.75) is 0 Å². The van der Waals surface area contributed by atoms with E-state index in [1.165, 1.54) is 6.26 Å². The van der Waals surface area contributed by atoms with Gasteiger partial charge in [0, 0.05) is 11.4 Å². The van der Waals surface area contributed by atoms with Crippen LogP contribution in [0.15, 0.2) is 87.9 Å². The summed E-state index contributed by atoms with van der Waals surface area (Å²) in [5.41, 5.74) is 1.07. The molecule has 3 aromatic carbocycles. The molecule has 4 rings (SSSR count). The van der Waals surface area contributed by atoms with Gasteiger partial charge in [-0.1, -0.05) is 36.4 Å². The van der Waals surface area contributed by atoms with Crippen LogP contribution in [0.2, 0.25) is 0 Å². The van der Waals surface area contributed by atoms with E-state index >= 15 is 0 Å². The maximum absolute atomic E-state index is 12.3. The van der Waals surface area contributed by atoms with Gasteiger partial charge in [0.2, 0.25) is 0 Å². The molecular weight excluding hydrogens is 448 g/mol. The van der Waals surface area contributed by atoms with Crippen molar-refractivity contribution in [2.24, 2.45) is 0 Å². The number of benzene rings is 3. The van der Waals surface area contributed by atoms with E-state index in [0.717, 1.165) is 15.2 Å². The van der Waals surface area contributed by atoms with E-state index < -0.39 is 0 Å². The SMILES string of the molecule is O=C(COc1ccc2ccccc2c1Br)Nc1cccc(NC(=O)c2ccco2)c1. The zero-order valence-corrected chi connectivity index (χ0v) is 17.3. The number of furan rings is 1. The Balaban J connectivity index is 1.37. The van der Waals surface area contributed by atoms with Crippen LogP contribution < -0.4 is 15.4 Å².